The van der Waals surface area contributed by atoms with Crippen LogP contribution in [0.1, 0.15) is 37.4 Å². The first-order chi connectivity index (χ1) is 7.31. The molecule has 0 aromatic carbocycles. The molecule has 15 heavy (non-hydrogen) atoms. The molecule has 1 fully saturated rings. The minimum Gasteiger partial charge on any atom is -0.391 e. The Bertz CT molecular complexity index is 312. The highest BCUT2D eigenvalue weighted by atomic mass is 16.3. The summed E-state index contributed by atoms with van der Waals surface area (Å²) in [6.45, 7) is 0.679. The lowest BCUT2D eigenvalue weighted by Gasteiger charge is -2.13. The molecule has 1 aliphatic rings. The summed E-state index contributed by atoms with van der Waals surface area (Å²) in [7, 11) is 0. The topological polar surface area (TPSA) is 77.0 Å². The fraction of sp³-hybridized carbons (Fsp3) is 0.800. The Hall–Kier alpha value is -0.940. The molecule has 2 rings (SSSR count). The van der Waals surface area contributed by atoms with Crippen molar-refractivity contribution in [1.82, 2.24) is 15.0 Å². The fourth-order valence-corrected chi connectivity index (χ4v) is 2.10. The molecule has 1 aliphatic carbocycles. The van der Waals surface area contributed by atoms with Crippen LogP contribution in [0.2, 0.25) is 0 Å². The number of aromatic nitrogens is 3. The van der Waals surface area contributed by atoms with E-state index in [0.29, 0.717) is 6.54 Å². The van der Waals surface area contributed by atoms with Gasteiger partial charge in [0, 0.05) is 6.20 Å². The second kappa shape index (κ2) is 4.72. The van der Waals surface area contributed by atoms with Gasteiger partial charge < -0.3 is 10.8 Å². The Morgan fingerprint density at radius 1 is 1.53 bits per heavy atom. The average Bonchev–Trinajstić information content (AvgIpc) is 2.83. The van der Waals surface area contributed by atoms with Crippen molar-refractivity contribution in [3.8, 4) is 0 Å². The smallest absolute Gasteiger partial charge is 0.0827 e. The van der Waals surface area contributed by atoms with E-state index < -0.39 is 0 Å². The van der Waals surface area contributed by atoms with Crippen molar-refractivity contribution in [1.29, 1.82) is 0 Å². The molecule has 0 saturated heterocycles. The second-order valence-corrected chi connectivity index (χ2v) is 4.15. The number of rotatable bonds is 4. The first kappa shape index (κ1) is 10.6. The highest BCUT2D eigenvalue weighted by Crippen LogP contribution is 2.29. The summed E-state index contributed by atoms with van der Waals surface area (Å²) >= 11 is 0. The maximum absolute atomic E-state index is 9.72. The van der Waals surface area contributed by atoms with Gasteiger partial charge in [0.1, 0.15) is 0 Å². The lowest BCUT2D eigenvalue weighted by atomic mass is 10.2. The van der Waals surface area contributed by atoms with Gasteiger partial charge in [0.25, 0.3) is 0 Å². The van der Waals surface area contributed by atoms with Crippen LogP contribution in [0.15, 0.2) is 6.20 Å². The Kier molecular flexibility index (Phi) is 3.33. The van der Waals surface area contributed by atoms with E-state index in [1.54, 1.807) is 0 Å². The maximum atomic E-state index is 9.72. The maximum Gasteiger partial charge on any atom is 0.0827 e. The van der Waals surface area contributed by atoms with Crippen LogP contribution in [-0.4, -0.2) is 32.7 Å². The molecule has 0 amide bonds. The van der Waals surface area contributed by atoms with Gasteiger partial charge >= 0.3 is 0 Å². The van der Waals surface area contributed by atoms with Crippen molar-refractivity contribution in [3.05, 3.63) is 11.9 Å². The number of aryl methyl sites for hydroxylation is 1. The molecule has 1 aromatic heterocycles. The van der Waals surface area contributed by atoms with E-state index in [-0.39, 0.29) is 12.1 Å². The zero-order valence-electron chi connectivity index (χ0n) is 8.84. The summed E-state index contributed by atoms with van der Waals surface area (Å²) in [4.78, 5) is 0. The van der Waals surface area contributed by atoms with Crippen LogP contribution in [0.4, 0.5) is 0 Å². The van der Waals surface area contributed by atoms with Gasteiger partial charge in [-0.2, -0.15) is 0 Å². The van der Waals surface area contributed by atoms with E-state index in [4.69, 9.17) is 5.73 Å². The van der Waals surface area contributed by atoms with Crippen LogP contribution >= 0.6 is 0 Å². The number of hydrogen-bond donors (Lipinski definition) is 2. The Morgan fingerprint density at radius 2 is 2.40 bits per heavy atom. The molecule has 0 spiro atoms. The van der Waals surface area contributed by atoms with Gasteiger partial charge in [-0.1, -0.05) is 5.21 Å². The normalized spacial score (nSPS) is 26.0. The third-order valence-electron chi connectivity index (χ3n) is 2.98. The van der Waals surface area contributed by atoms with Gasteiger partial charge in [0.15, 0.2) is 0 Å². The van der Waals surface area contributed by atoms with Gasteiger partial charge in [-0.15, -0.1) is 5.10 Å². The molecule has 0 radical (unpaired) electrons. The molecule has 0 bridgehead atoms. The zero-order valence-corrected chi connectivity index (χ0v) is 8.84. The van der Waals surface area contributed by atoms with Crippen molar-refractivity contribution in [2.75, 3.05) is 6.54 Å². The third-order valence-corrected chi connectivity index (χ3v) is 2.98. The predicted octanol–water partition coefficient (Wildman–Crippen LogP) is 0.255. The van der Waals surface area contributed by atoms with Crippen LogP contribution in [-0.2, 0) is 6.42 Å². The number of aliphatic hydroxyl groups is 1. The summed E-state index contributed by atoms with van der Waals surface area (Å²) in [5, 5.41) is 17.9. The van der Waals surface area contributed by atoms with Crippen molar-refractivity contribution in [2.24, 2.45) is 5.73 Å². The fourth-order valence-electron chi connectivity index (χ4n) is 2.10. The van der Waals surface area contributed by atoms with Crippen molar-refractivity contribution >= 4 is 0 Å². The van der Waals surface area contributed by atoms with Crippen molar-refractivity contribution < 1.29 is 5.11 Å². The average molecular weight is 210 g/mol. The number of nitrogens with two attached hydrogens (primary N) is 1. The summed E-state index contributed by atoms with van der Waals surface area (Å²) in [5.74, 6) is 0. The minimum atomic E-state index is -0.256. The van der Waals surface area contributed by atoms with Crippen LogP contribution in [0.5, 0.6) is 0 Å². The summed E-state index contributed by atoms with van der Waals surface area (Å²) < 4.78 is 1.81. The Balaban J connectivity index is 1.99. The molecule has 5 nitrogen and oxygen atoms in total. The van der Waals surface area contributed by atoms with Gasteiger partial charge in [-0.25, -0.2) is 4.68 Å². The molecular formula is C10H18N4O. The molecule has 2 atom stereocenters. The summed E-state index contributed by atoms with van der Waals surface area (Å²) in [5.41, 5.74) is 6.40. The lowest BCUT2D eigenvalue weighted by molar-refractivity contribution is 0.129. The molecule has 3 N–H and O–H groups in total. The highest BCUT2D eigenvalue weighted by molar-refractivity contribution is 4.95. The number of aliphatic hydroxyl groups excluding tert-OH is 1. The van der Waals surface area contributed by atoms with Crippen LogP contribution in [0.3, 0.4) is 0 Å². The van der Waals surface area contributed by atoms with E-state index in [1.165, 1.54) is 0 Å². The minimum absolute atomic E-state index is 0.129. The van der Waals surface area contributed by atoms with Gasteiger partial charge in [-0.3, -0.25) is 0 Å². The monoisotopic (exact) mass is 210 g/mol. The highest BCUT2D eigenvalue weighted by Gasteiger charge is 2.27. The lowest BCUT2D eigenvalue weighted by Crippen LogP contribution is -2.18. The molecule has 1 saturated carbocycles. The quantitative estimate of drug-likeness (QED) is 0.747. The van der Waals surface area contributed by atoms with Crippen molar-refractivity contribution in [2.45, 2.75) is 44.2 Å². The standard InChI is InChI=1S/C10H18N4O/c11-6-2-3-8-7-14(13-12-8)9-4-1-5-10(9)15/h7,9-10,15H,1-6,11H2. The van der Waals surface area contributed by atoms with Gasteiger partial charge in [-0.05, 0) is 38.6 Å². The predicted molar refractivity (Wildman–Crippen MR) is 56.3 cm³/mol. The molecule has 84 valence electrons. The molecule has 1 heterocycles. The molecular weight excluding hydrogens is 192 g/mol. The van der Waals surface area contributed by atoms with E-state index >= 15 is 0 Å². The van der Waals surface area contributed by atoms with E-state index in [0.717, 1.165) is 37.8 Å². The third kappa shape index (κ3) is 2.35. The van der Waals surface area contributed by atoms with Crippen molar-refractivity contribution in [3.63, 3.8) is 0 Å². The van der Waals surface area contributed by atoms with E-state index in [9.17, 15) is 5.11 Å². The summed E-state index contributed by atoms with van der Waals surface area (Å²) in [6, 6.07) is 0.129. The number of nitrogens with zero attached hydrogens (tertiary/aromatic N) is 3. The molecule has 0 aliphatic heterocycles. The molecule has 5 heteroatoms. The van der Waals surface area contributed by atoms with Crippen LogP contribution in [0, 0.1) is 0 Å². The number of hydrogen-bond acceptors (Lipinski definition) is 4. The Labute approximate surface area is 89.3 Å². The zero-order chi connectivity index (χ0) is 10.7. The van der Waals surface area contributed by atoms with E-state index in [1.807, 2.05) is 10.9 Å². The molecule has 1 aromatic rings. The summed E-state index contributed by atoms with van der Waals surface area (Å²) in [6.07, 6.45) is 6.45. The Morgan fingerprint density at radius 3 is 3.07 bits per heavy atom. The second-order valence-electron chi connectivity index (χ2n) is 4.15. The van der Waals surface area contributed by atoms with Gasteiger partial charge in [0.05, 0.1) is 17.8 Å². The van der Waals surface area contributed by atoms with Crippen LogP contribution < -0.4 is 5.73 Å². The SMILES string of the molecule is NCCCc1cn(C2CCCC2O)nn1. The van der Waals surface area contributed by atoms with E-state index in [2.05, 4.69) is 10.3 Å². The van der Waals surface area contributed by atoms with Gasteiger partial charge in [0.2, 0.25) is 0 Å². The first-order valence-electron chi connectivity index (χ1n) is 5.60. The largest absolute Gasteiger partial charge is 0.391 e. The molecule has 2 unspecified atom stereocenters. The van der Waals surface area contributed by atoms with Crippen LogP contribution in [0.25, 0.3) is 0 Å². The first-order valence-corrected chi connectivity index (χ1v) is 5.60.